The number of aromatic nitrogens is 4. The van der Waals surface area contributed by atoms with Crippen molar-refractivity contribution in [2.75, 3.05) is 17.3 Å². The molecule has 1 atom stereocenters. The molecule has 0 bridgehead atoms. The van der Waals surface area contributed by atoms with Gasteiger partial charge in [-0.05, 0) is 37.8 Å². The van der Waals surface area contributed by atoms with E-state index in [0.29, 0.717) is 23.0 Å². The van der Waals surface area contributed by atoms with Crippen LogP contribution in [0, 0.1) is 13.8 Å². The number of Topliss-reactive ketones (excluding diaryl/α,β-unsaturated/α-hetero) is 1. The number of nitrogens with zero attached hydrogens (tertiary/aromatic N) is 3. The number of thiophene rings is 1. The van der Waals surface area contributed by atoms with E-state index in [0.717, 1.165) is 16.3 Å². The van der Waals surface area contributed by atoms with Gasteiger partial charge in [-0.15, -0.1) is 16.4 Å². The molecule has 0 amide bonds. The fourth-order valence-corrected chi connectivity index (χ4v) is 6.69. The van der Waals surface area contributed by atoms with Gasteiger partial charge in [0.05, 0.1) is 22.1 Å². The lowest BCUT2D eigenvalue weighted by Crippen LogP contribution is -2.14. The first kappa shape index (κ1) is 19.4. The highest BCUT2D eigenvalue weighted by molar-refractivity contribution is 7.99. The largest absolute Gasteiger partial charge is 0.344 e. The predicted octanol–water partition coefficient (Wildman–Crippen LogP) is 3.29. The molecule has 148 valence electrons. The van der Waals surface area contributed by atoms with E-state index in [1.54, 1.807) is 11.3 Å². The van der Waals surface area contributed by atoms with Gasteiger partial charge in [0.25, 0.3) is 0 Å². The van der Waals surface area contributed by atoms with Crippen LogP contribution in [0.25, 0.3) is 10.7 Å². The third-order valence-corrected chi connectivity index (χ3v) is 8.38. The van der Waals surface area contributed by atoms with Gasteiger partial charge in [-0.25, -0.2) is 13.4 Å². The summed E-state index contributed by atoms with van der Waals surface area (Å²) in [5.41, 5.74) is 2.40. The van der Waals surface area contributed by atoms with Crippen molar-refractivity contribution in [3.63, 3.8) is 0 Å². The quantitative estimate of drug-likeness (QED) is 0.470. The van der Waals surface area contributed by atoms with Crippen molar-refractivity contribution in [2.24, 2.45) is 0 Å². The average molecular weight is 437 g/mol. The lowest BCUT2D eigenvalue weighted by molar-refractivity contribution is 0.102. The van der Waals surface area contributed by atoms with Crippen LogP contribution in [0.2, 0.25) is 0 Å². The Morgan fingerprint density at radius 1 is 1.43 bits per heavy atom. The number of H-pyrrole nitrogens is 1. The highest BCUT2D eigenvalue weighted by Crippen LogP contribution is 2.30. The van der Waals surface area contributed by atoms with E-state index in [9.17, 15) is 13.2 Å². The van der Waals surface area contributed by atoms with Gasteiger partial charge in [-0.2, -0.15) is 0 Å². The Kier molecular flexibility index (Phi) is 5.19. The van der Waals surface area contributed by atoms with Gasteiger partial charge >= 0.3 is 0 Å². The second kappa shape index (κ2) is 7.49. The number of hydrogen-bond acceptors (Lipinski definition) is 7. The molecule has 0 saturated carbocycles. The van der Waals surface area contributed by atoms with E-state index in [4.69, 9.17) is 0 Å². The maximum atomic E-state index is 12.8. The third-order valence-electron chi connectivity index (χ3n) is 4.91. The van der Waals surface area contributed by atoms with Crippen LogP contribution in [-0.4, -0.2) is 51.2 Å². The number of sulfone groups is 1. The lowest BCUT2D eigenvalue weighted by atomic mass is 10.2. The van der Waals surface area contributed by atoms with E-state index < -0.39 is 9.84 Å². The maximum Gasteiger partial charge on any atom is 0.209 e. The molecule has 4 heterocycles. The maximum absolute atomic E-state index is 12.8. The highest BCUT2D eigenvalue weighted by atomic mass is 32.2. The van der Waals surface area contributed by atoms with Gasteiger partial charge in [0.1, 0.15) is 0 Å². The predicted molar refractivity (Wildman–Crippen MR) is 111 cm³/mol. The zero-order chi connectivity index (χ0) is 19.9. The molecule has 3 aromatic rings. The van der Waals surface area contributed by atoms with Crippen LogP contribution in [0.1, 0.15) is 34.2 Å². The normalized spacial score (nSPS) is 18.6. The van der Waals surface area contributed by atoms with Gasteiger partial charge in [0.2, 0.25) is 5.16 Å². The second-order valence-electron chi connectivity index (χ2n) is 6.87. The third kappa shape index (κ3) is 3.81. The van der Waals surface area contributed by atoms with Crippen LogP contribution in [0.15, 0.2) is 28.7 Å². The highest BCUT2D eigenvalue weighted by Gasteiger charge is 2.31. The van der Waals surface area contributed by atoms with Crippen molar-refractivity contribution in [3.05, 3.63) is 40.5 Å². The Balaban J connectivity index is 1.46. The zero-order valence-corrected chi connectivity index (χ0v) is 18.0. The Labute approximate surface area is 171 Å². The molecule has 1 unspecified atom stereocenters. The summed E-state index contributed by atoms with van der Waals surface area (Å²) in [5.74, 6) is 1.28. The summed E-state index contributed by atoms with van der Waals surface area (Å²) >= 11 is 2.87. The van der Waals surface area contributed by atoms with Crippen molar-refractivity contribution in [2.45, 2.75) is 31.5 Å². The summed E-state index contributed by atoms with van der Waals surface area (Å²) in [6.07, 6.45) is 0.601. The smallest absolute Gasteiger partial charge is 0.209 e. The van der Waals surface area contributed by atoms with Crippen LogP contribution in [0.3, 0.4) is 0 Å². The standard InChI is InChI=1S/C18H20N4O3S3/c1-11-8-14(12(2)22(11)13-5-7-28(24,25)10-13)15(23)9-27-18-19-17(20-21-18)16-4-3-6-26-16/h3-4,6,8,13H,5,7,9-10H2,1-2H3,(H,19,20,21). The molecular formula is C18H20N4O3S3. The second-order valence-corrected chi connectivity index (χ2v) is 11.0. The van der Waals surface area contributed by atoms with Crippen LogP contribution in [0.4, 0.5) is 0 Å². The average Bonchev–Trinajstić information content (AvgIpc) is 3.40. The molecule has 0 radical (unpaired) electrons. The molecule has 0 aliphatic carbocycles. The molecule has 1 aliphatic rings. The Hall–Kier alpha value is -1.91. The molecule has 4 rings (SSSR count). The van der Waals surface area contributed by atoms with Gasteiger partial charge in [0, 0.05) is 23.0 Å². The van der Waals surface area contributed by atoms with E-state index in [2.05, 4.69) is 15.2 Å². The van der Waals surface area contributed by atoms with Crippen molar-refractivity contribution in [1.82, 2.24) is 19.7 Å². The van der Waals surface area contributed by atoms with Crippen LogP contribution in [-0.2, 0) is 9.84 Å². The van der Waals surface area contributed by atoms with Crippen LogP contribution >= 0.6 is 23.1 Å². The summed E-state index contributed by atoms with van der Waals surface area (Å²) in [6, 6.07) is 5.69. The fourth-order valence-electron chi connectivity index (χ4n) is 3.64. The first-order valence-corrected chi connectivity index (χ1v) is 12.5. The molecule has 10 heteroatoms. The van der Waals surface area contributed by atoms with Crippen molar-refractivity contribution in [1.29, 1.82) is 0 Å². The molecule has 0 aromatic carbocycles. The van der Waals surface area contributed by atoms with Crippen molar-refractivity contribution in [3.8, 4) is 10.7 Å². The van der Waals surface area contributed by atoms with E-state index in [1.807, 2.05) is 42.0 Å². The molecule has 3 aromatic heterocycles. The minimum Gasteiger partial charge on any atom is -0.344 e. The number of hydrogen-bond donors (Lipinski definition) is 1. The van der Waals surface area contributed by atoms with Gasteiger partial charge in [0.15, 0.2) is 21.4 Å². The van der Waals surface area contributed by atoms with E-state index in [1.165, 1.54) is 11.8 Å². The molecule has 1 fully saturated rings. The summed E-state index contributed by atoms with van der Waals surface area (Å²) < 4.78 is 25.7. The number of rotatable bonds is 6. The zero-order valence-electron chi connectivity index (χ0n) is 15.5. The molecule has 1 aliphatic heterocycles. The minimum atomic E-state index is -2.98. The van der Waals surface area contributed by atoms with Crippen molar-refractivity contribution >= 4 is 38.7 Å². The molecule has 1 N–H and O–H groups in total. The lowest BCUT2D eigenvalue weighted by Gasteiger charge is -2.16. The SMILES string of the molecule is Cc1cc(C(=O)CSc2n[nH]c(-c3cccs3)n2)c(C)n1C1CCS(=O)(=O)C1. The summed E-state index contributed by atoms with van der Waals surface area (Å²) in [5, 5.41) is 9.58. The Bertz CT molecular complexity index is 1110. The van der Waals surface area contributed by atoms with E-state index in [-0.39, 0.29) is 29.1 Å². The number of aryl methyl sites for hydroxylation is 1. The first-order valence-electron chi connectivity index (χ1n) is 8.85. The number of carbonyl (C=O) groups excluding carboxylic acids is 1. The van der Waals surface area contributed by atoms with Crippen molar-refractivity contribution < 1.29 is 13.2 Å². The fraction of sp³-hybridized carbons (Fsp3) is 0.389. The number of thioether (sulfide) groups is 1. The van der Waals surface area contributed by atoms with Crippen LogP contribution in [0.5, 0.6) is 0 Å². The van der Waals surface area contributed by atoms with Gasteiger partial charge in [-0.3, -0.25) is 9.89 Å². The Morgan fingerprint density at radius 2 is 2.25 bits per heavy atom. The van der Waals surface area contributed by atoms with Crippen LogP contribution < -0.4 is 0 Å². The minimum absolute atomic E-state index is 0.00678. The van der Waals surface area contributed by atoms with Gasteiger partial charge < -0.3 is 4.57 Å². The monoisotopic (exact) mass is 436 g/mol. The number of ketones is 1. The number of carbonyl (C=O) groups is 1. The summed E-state index contributed by atoms with van der Waals surface area (Å²) in [4.78, 5) is 18.2. The van der Waals surface area contributed by atoms with Gasteiger partial charge in [-0.1, -0.05) is 17.8 Å². The number of nitrogens with one attached hydrogen (secondary N) is 1. The molecule has 7 nitrogen and oxygen atoms in total. The first-order chi connectivity index (χ1) is 13.3. The summed E-state index contributed by atoms with van der Waals surface area (Å²) in [6.45, 7) is 3.81. The van der Waals surface area contributed by atoms with E-state index >= 15 is 0 Å². The Morgan fingerprint density at radius 3 is 2.93 bits per heavy atom. The molecule has 1 saturated heterocycles. The molecular weight excluding hydrogens is 416 g/mol. The topological polar surface area (TPSA) is 97.7 Å². The molecule has 28 heavy (non-hydrogen) atoms. The summed E-state index contributed by atoms with van der Waals surface area (Å²) in [7, 11) is -2.98. The number of aromatic amines is 1. The molecule has 0 spiro atoms.